The first kappa shape index (κ1) is 21.0. The molecule has 0 saturated heterocycles. The Morgan fingerprint density at radius 3 is 2.50 bits per heavy atom. The van der Waals surface area contributed by atoms with Crippen LogP contribution in [0.25, 0.3) is 6.08 Å². The van der Waals surface area contributed by atoms with Crippen LogP contribution in [0.3, 0.4) is 0 Å². The van der Waals surface area contributed by atoms with Gasteiger partial charge in [0.25, 0.3) is 0 Å². The van der Waals surface area contributed by atoms with E-state index in [-0.39, 0.29) is 28.6 Å². The zero-order valence-electron chi connectivity index (χ0n) is 17.4. The Balaban J connectivity index is 1.80. The number of carbonyl (C=O) groups is 4. The number of hydrogen-bond acceptors (Lipinski definition) is 5. The molecule has 0 N–H and O–H groups in total. The Labute approximate surface area is 180 Å². The second-order valence-electron chi connectivity index (χ2n) is 9.05. The molecule has 2 saturated carbocycles. The fourth-order valence-electron chi connectivity index (χ4n) is 6.53. The van der Waals surface area contributed by atoms with Gasteiger partial charge < -0.3 is 4.74 Å². The van der Waals surface area contributed by atoms with Crippen molar-refractivity contribution in [3.05, 3.63) is 39.4 Å². The summed E-state index contributed by atoms with van der Waals surface area (Å²) in [5.74, 6) is -0.121. The van der Waals surface area contributed by atoms with E-state index in [4.69, 9.17) is 16.3 Å². The van der Waals surface area contributed by atoms with Gasteiger partial charge in [-0.05, 0) is 67.6 Å². The van der Waals surface area contributed by atoms with Gasteiger partial charge in [-0.3, -0.25) is 19.2 Å². The fraction of sp³-hybridized carbons (Fsp3) is 0.500. The first-order valence-corrected chi connectivity index (χ1v) is 10.7. The van der Waals surface area contributed by atoms with Crippen molar-refractivity contribution in [1.29, 1.82) is 0 Å². The first-order chi connectivity index (χ1) is 14.2. The Bertz CT molecular complexity index is 996. The minimum absolute atomic E-state index is 0.0976. The van der Waals surface area contributed by atoms with E-state index in [1.807, 2.05) is 6.08 Å². The van der Waals surface area contributed by atoms with Crippen molar-refractivity contribution in [2.45, 2.75) is 58.0 Å². The van der Waals surface area contributed by atoms with Gasteiger partial charge in [0.2, 0.25) is 0 Å². The highest BCUT2D eigenvalue weighted by Gasteiger charge is 2.66. The fourth-order valence-corrected chi connectivity index (χ4v) is 6.77. The standard InChI is InChI=1S/C24H25ClO5/c1-13(28)24(30-14(2)29)9-7-21-18-5-4-16-19(17(18)6-8-23(21,24)3)10-15(11-26)22(25)20(16)12-27/h4-5,10-12,17-18,21H,6-9H2,1-3H3/t17-,18+,21-,23-,24-/m0/s1. The van der Waals surface area contributed by atoms with Crippen molar-refractivity contribution >= 4 is 42.0 Å². The molecule has 2 fully saturated rings. The molecule has 0 bridgehead atoms. The van der Waals surface area contributed by atoms with Crippen LogP contribution >= 0.6 is 11.6 Å². The molecule has 5 nitrogen and oxygen atoms in total. The van der Waals surface area contributed by atoms with Gasteiger partial charge in [-0.1, -0.05) is 30.7 Å². The number of rotatable bonds is 4. The molecule has 0 spiro atoms. The van der Waals surface area contributed by atoms with Crippen molar-refractivity contribution in [3.8, 4) is 0 Å². The van der Waals surface area contributed by atoms with Crippen LogP contribution in [-0.4, -0.2) is 29.9 Å². The molecule has 0 unspecified atom stereocenters. The number of Topliss-reactive ketones (excluding diaryl/α,β-unsaturated/α-hetero) is 1. The number of hydrogen-bond donors (Lipinski definition) is 0. The van der Waals surface area contributed by atoms with Gasteiger partial charge in [-0.15, -0.1) is 0 Å². The van der Waals surface area contributed by atoms with Crippen LogP contribution in [0.4, 0.5) is 0 Å². The normalized spacial score (nSPS) is 33.8. The predicted octanol–water partition coefficient (Wildman–Crippen LogP) is 4.79. The Hall–Kier alpha value is -2.27. The number of carbonyl (C=O) groups excluding carboxylic acids is 4. The van der Waals surface area contributed by atoms with Crippen LogP contribution in [0.5, 0.6) is 0 Å². The van der Waals surface area contributed by atoms with Gasteiger partial charge in [0, 0.05) is 23.5 Å². The zero-order chi connectivity index (χ0) is 21.8. The minimum Gasteiger partial charge on any atom is -0.451 e. The average Bonchev–Trinajstić information content (AvgIpc) is 3.00. The molecule has 158 valence electrons. The van der Waals surface area contributed by atoms with Crippen LogP contribution < -0.4 is 0 Å². The summed E-state index contributed by atoms with van der Waals surface area (Å²) in [6, 6.07) is 1.81. The minimum atomic E-state index is -1.09. The summed E-state index contributed by atoms with van der Waals surface area (Å²) < 4.78 is 5.75. The Morgan fingerprint density at radius 1 is 1.17 bits per heavy atom. The van der Waals surface area contributed by atoms with Gasteiger partial charge in [0.15, 0.2) is 24.0 Å². The average molecular weight is 429 g/mol. The summed E-state index contributed by atoms with van der Waals surface area (Å²) in [4.78, 5) is 47.9. The molecular formula is C24H25ClO5. The largest absolute Gasteiger partial charge is 0.451 e. The third-order valence-corrected chi connectivity index (χ3v) is 8.29. The van der Waals surface area contributed by atoms with Crippen molar-refractivity contribution in [3.63, 3.8) is 0 Å². The van der Waals surface area contributed by atoms with Gasteiger partial charge in [-0.25, -0.2) is 0 Å². The van der Waals surface area contributed by atoms with Crippen LogP contribution in [0.2, 0.25) is 5.02 Å². The van der Waals surface area contributed by atoms with E-state index in [0.717, 1.165) is 24.0 Å². The molecule has 4 rings (SSSR count). The van der Waals surface area contributed by atoms with Crippen LogP contribution in [0, 0.1) is 17.3 Å². The second-order valence-corrected chi connectivity index (χ2v) is 9.43. The molecule has 1 aromatic rings. The lowest BCUT2D eigenvalue weighted by Crippen LogP contribution is -2.56. The summed E-state index contributed by atoms with van der Waals surface area (Å²) in [6.07, 6.45) is 8.22. The lowest BCUT2D eigenvalue weighted by molar-refractivity contribution is -0.182. The number of aldehydes is 2. The number of halogens is 1. The van der Waals surface area contributed by atoms with Crippen molar-refractivity contribution in [2.24, 2.45) is 17.3 Å². The molecule has 0 heterocycles. The van der Waals surface area contributed by atoms with E-state index in [1.54, 1.807) is 6.07 Å². The van der Waals surface area contributed by atoms with Crippen molar-refractivity contribution in [2.75, 3.05) is 0 Å². The first-order valence-electron chi connectivity index (χ1n) is 10.4. The van der Waals surface area contributed by atoms with Gasteiger partial charge in [-0.2, -0.15) is 0 Å². The molecule has 5 atom stereocenters. The summed E-state index contributed by atoms with van der Waals surface area (Å²) in [5, 5.41) is 0.189. The molecule has 3 aliphatic rings. The zero-order valence-corrected chi connectivity index (χ0v) is 18.1. The maximum absolute atomic E-state index is 12.7. The maximum Gasteiger partial charge on any atom is 0.303 e. The van der Waals surface area contributed by atoms with E-state index < -0.39 is 17.0 Å². The van der Waals surface area contributed by atoms with E-state index in [2.05, 4.69) is 13.0 Å². The van der Waals surface area contributed by atoms with E-state index in [1.165, 1.54) is 13.8 Å². The molecule has 6 heteroatoms. The highest BCUT2D eigenvalue weighted by Crippen LogP contribution is 2.65. The van der Waals surface area contributed by atoms with Crippen molar-refractivity contribution in [1.82, 2.24) is 0 Å². The Morgan fingerprint density at radius 2 is 1.90 bits per heavy atom. The molecule has 0 aromatic heterocycles. The number of benzene rings is 1. The highest BCUT2D eigenvalue weighted by molar-refractivity contribution is 6.35. The second kappa shape index (κ2) is 7.16. The van der Waals surface area contributed by atoms with Crippen molar-refractivity contribution < 1.29 is 23.9 Å². The number of ether oxygens (including phenoxy) is 1. The summed E-state index contributed by atoms with van der Waals surface area (Å²) >= 11 is 6.27. The predicted molar refractivity (Wildman–Crippen MR) is 113 cm³/mol. The molecule has 1 aromatic carbocycles. The van der Waals surface area contributed by atoms with E-state index in [9.17, 15) is 19.2 Å². The summed E-state index contributed by atoms with van der Waals surface area (Å²) in [7, 11) is 0. The van der Waals surface area contributed by atoms with Crippen LogP contribution in [0.15, 0.2) is 12.1 Å². The molecule has 3 aliphatic carbocycles. The summed E-state index contributed by atoms with van der Waals surface area (Å²) in [6.45, 7) is 4.95. The number of ketones is 1. The van der Waals surface area contributed by atoms with Gasteiger partial charge >= 0.3 is 5.97 Å². The molecule has 0 amide bonds. The number of allylic oxidation sites excluding steroid dienone is 1. The smallest absolute Gasteiger partial charge is 0.303 e. The monoisotopic (exact) mass is 428 g/mol. The highest BCUT2D eigenvalue weighted by atomic mass is 35.5. The summed E-state index contributed by atoms with van der Waals surface area (Å²) in [5.41, 5.74) is 0.867. The molecule has 0 radical (unpaired) electrons. The molecule has 0 aliphatic heterocycles. The number of fused-ring (bicyclic) bond motifs is 5. The topological polar surface area (TPSA) is 77.5 Å². The quantitative estimate of drug-likeness (QED) is 0.508. The van der Waals surface area contributed by atoms with E-state index in [0.29, 0.717) is 36.5 Å². The van der Waals surface area contributed by atoms with Gasteiger partial charge in [0.1, 0.15) is 0 Å². The molecular weight excluding hydrogens is 404 g/mol. The van der Waals surface area contributed by atoms with E-state index >= 15 is 0 Å². The lowest BCUT2D eigenvalue weighted by atomic mass is 9.54. The lowest BCUT2D eigenvalue weighted by Gasteiger charge is -2.52. The number of esters is 1. The van der Waals surface area contributed by atoms with Gasteiger partial charge in [0.05, 0.1) is 5.02 Å². The van der Waals surface area contributed by atoms with Crippen LogP contribution in [-0.2, 0) is 14.3 Å². The Kier molecular flexibility index (Phi) is 5.00. The SMILES string of the molecule is CC(=O)O[C@]1(C(C)=O)CC[C@H]2[C@@H]3C=Cc4c(cc(C=O)c(Cl)c4C=O)[C@H]3CC[C@@]21C. The third-order valence-electron chi connectivity index (χ3n) is 7.87. The third kappa shape index (κ3) is 2.67. The van der Waals surface area contributed by atoms with Crippen LogP contribution in [0.1, 0.15) is 84.2 Å². The molecule has 30 heavy (non-hydrogen) atoms. The maximum atomic E-state index is 12.7.